The van der Waals surface area contributed by atoms with Crippen molar-refractivity contribution in [1.82, 2.24) is 5.32 Å². The van der Waals surface area contributed by atoms with E-state index in [0.29, 0.717) is 19.0 Å². The van der Waals surface area contributed by atoms with E-state index in [1.807, 2.05) is 37.3 Å². The van der Waals surface area contributed by atoms with Crippen LogP contribution in [0.2, 0.25) is 0 Å². The van der Waals surface area contributed by atoms with E-state index in [-0.39, 0.29) is 30.4 Å². The number of benzene rings is 2. The third-order valence-corrected chi connectivity index (χ3v) is 5.22. The standard InChI is InChI=1S/C22H23NO6/c1-13(14-2-5-16(6-3-14)29-12-21(24)25)23-22(26)18-11-17(18)15-4-7-19-20(10-15)28-9-8-27-19/h2-7,10,13,17-18H,8-9,11-12H2,1H3,(H,23,26)(H,24,25). The molecule has 7 heteroatoms. The summed E-state index contributed by atoms with van der Waals surface area (Å²) in [4.78, 5) is 23.2. The fourth-order valence-electron chi connectivity index (χ4n) is 3.55. The summed E-state index contributed by atoms with van der Waals surface area (Å²) in [7, 11) is 0. The number of ether oxygens (including phenoxy) is 3. The molecule has 0 bridgehead atoms. The third-order valence-electron chi connectivity index (χ3n) is 5.22. The normalized spacial score (nSPS) is 20.4. The molecule has 2 N–H and O–H groups in total. The first-order valence-corrected chi connectivity index (χ1v) is 9.66. The van der Waals surface area contributed by atoms with Gasteiger partial charge in [0.25, 0.3) is 0 Å². The van der Waals surface area contributed by atoms with Crippen molar-refractivity contribution in [3.05, 3.63) is 53.6 Å². The van der Waals surface area contributed by atoms with Gasteiger partial charge in [-0.15, -0.1) is 0 Å². The van der Waals surface area contributed by atoms with E-state index in [2.05, 4.69) is 5.32 Å². The number of carboxylic acid groups (broad SMARTS) is 1. The molecule has 29 heavy (non-hydrogen) atoms. The summed E-state index contributed by atoms with van der Waals surface area (Å²) >= 11 is 0. The van der Waals surface area contributed by atoms with E-state index < -0.39 is 5.97 Å². The van der Waals surface area contributed by atoms with Crippen molar-refractivity contribution < 1.29 is 28.9 Å². The first kappa shape index (κ1) is 19.1. The summed E-state index contributed by atoms with van der Waals surface area (Å²) in [5, 5.41) is 11.7. The summed E-state index contributed by atoms with van der Waals surface area (Å²) < 4.78 is 16.3. The van der Waals surface area contributed by atoms with E-state index in [4.69, 9.17) is 19.3 Å². The van der Waals surface area contributed by atoms with Crippen LogP contribution in [0.15, 0.2) is 42.5 Å². The van der Waals surface area contributed by atoms with Gasteiger partial charge in [0, 0.05) is 5.92 Å². The predicted molar refractivity (Wildman–Crippen MR) is 104 cm³/mol. The van der Waals surface area contributed by atoms with Gasteiger partial charge in [0.1, 0.15) is 19.0 Å². The Morgan fingerprint density at radius 2 is 1.86 bits per heavy atom. The molecule has 1 fully saturated rings. The average molecular weight is 397 g/mol. The number of hydrogen-bond acceptors (Lipinski definition) is 5. The van der Waals surface area contributed by atoms with Crippen LogP contribution in [-0.2, 0) is 9.59 Å². The molecule has 0 aromatic heterocycles. The van der Waals surface area contributed by atoms with E-state index in [1.54, 1.807) is 12.1 Å². The van der Waals surface area contributed by atoms with E-state index in [9.17, 15) is 9.59 Å². The maximum absolute atomic E-state index is 12.6. The van der Waals surface area contributed by atoms with Crippen LogP contribution in [-0.4, -0.2) is 36.8 Å². The smallest absolute Gasteiger partial charge is 0.341 e. The molecule has 1 aliphatic carbocycles. The van der Waals surface area contributed by atoms with Gasteiger partial charge in [-0.25, -0.2) is 4.79 Å². The van der Waals surface area contributed by atoms with Crippen molar-refractivity contribution in [2.45, 2.75) is 25.3 Å². The lowest BCUT2D eigenvalue weighted by molar-refractivity contribution is -0.139. The van der Waals surface area contributed by atoms with Crippen molar-refractivity contribution in [3.63, 3.8) is 0 Å². The zero-order valence-electron chi connectivity index (χ0n) is 16.1. The van der Waals surface area contributed by atoms with Crippen LogP contribution in [0.1, 0.15) is 36.4 Å². The number of carboxylic acids is 1. The van der Waals surface area contributed by atoms with Crippen LogP contribution in [0.3, 0.4) is 0 Å². The number of rotatable bonds is 7. The summed E-state index contributed by atoms with van der Waals surface area (Å²) in [6.07, 6.45) is 0.820. The van der Waals surface area contributed by atoms with E-state index >= 15 is 0 Å². The average Bonchev–Trinajstić information content (AvgIpc) is 3.53. The summed E-state index contributed by atoms with van der Waals surface area (Å²) in [5.41, 5.74) is 2.03. The molecule has 0 saturated heterocycles. The highest BCUT2D eigenvalue weighted by Crippen LogP contribution is 2.49. The molecule has 152 valence electrons. The lowest BCUT2D eigenvalue weighted by atomic mass is 10.1. The molecule has 0 spiro atoms. The summed E-state index contributed by atoms with van der Waals surface area (Å²) in [6, 6.07) is 12.8. The lowest BCUT2D eigenvalue weighted by Gasteiger charge is -2.19. The third kappa shape index (κ3) is 4.45. The Kier molecular flexibility index (Phi) is 5.29. The molecule has 2 aromatic carbocycles. The van der Waals surface area contributed by atoms with Crippen LogP contribution in [0.5, 0.6) is 17.2 Å². The zero-order valence-corrected chi connectivity index (χ0v) is 16.1. The van der Waals surface area contributed by atoms with Gasteiger partial charge in [-0.2, -0.15) is 0 Å². The molecular weight excluding hydrogens is 374 g/mol. The molecule has 3 unspecified atom stereocenters. The Balaban J connectivity index is 1.32. The second kappa shape index (κ2) is 8.03. The number of amides is 1. The Morgan fingerprint density at radius 3 is 2.59 bits per heavy atom. The maximum Gasteiger partial charge on any atom is 0.341 e. The van der Waals surface area contributed by atoms with Gasteiger partial charge in [0.15, 0.2) is 18.1 Å². The van der Waals surface area contributed by atoms with Gasteiger partial charge in [-0.3, -0.25) is 4.79 Å². The van der Waals surface area contributed by atoms with Crippen molar-refractivity contribution in [2.24, 2.45) is 5.92 Å². The van der Waals surface area contributed by atoms with Gasteiger partial charge >= 0.3 is 5.97 Å². The largest absolute Gasteiger partial charge is 0.486 e. The predicted octanol–water partition coefficient (Wildman–Crippen LogP) is 2.90. The minimum Gasteiger partial charge on any atom is -0.486 e. The highest BCUT2D eigenvalue weighted by atomic mass is 16.6. The topological polar surface area (TPSA) is 94.1 Å². The van der Waals surface area contributed by atoms with Crippen LogP contribution in [0, 0.1) is 5.92 Å². The minimum atomic E-state index is -1.02. The molecular formula is C22H23NO6. The van der Waals surface area contributed by atoms with E-state index in [1.165, 1.54) is 0 Å². The highest BCUT2D eigenvalue weighted by Gasteiger charge is 2.44. The van der Waals surface area contributed by atoms with Gasteiger partial charge in [-0.1, -0.05) is 18.2 Å². The molecule has 4 rings (SSSR count). The molecule has 2 aliphatic rings. The maximum atomic E-state index is 12.6. The van der Waals surface area contributed by atoms with Crippen molar-refractivity contribution in [2.75, 3.05) is 19.8 Å². The number of aliphatic carboxylic acids is 1. The van der Waals surface area contributed by atoms with Gasteiger partial charge in [0.2, 0.25) is 5.91 Å². The first-order chi connectivity index (χ1) is 14.0. The van der Waals surface area contributed by atoms with Crippen LogP contribution in [0.4, 0.5) is 0 Å². The van der Waals surface area contributed by atoms with Gasteiger partial charge in [-0.05, 0) is 54.7 Å². The number of nitrogens with one attached hydrogen (secondary N) is 1. The molecule has 1 aliphatic heterocycles. The Hall–Kier alpha value is -3.22. The second-order valence-corrected chi connectivity index (χ2v) is 7.33. The Bertz CT molecular complexity index is 910. The molecule has 1 heterocycles. The molecule has 2 aromatic rings. The second-order valence-electron chi connectivity index (χ2n) is 7.33. The monoisotopic (exact) mass is 397 g/mol. The fraction of sp³-hybridized carbons (Fsp3) is 0.364. The number of fused-ring (bicyclic) bond motifs is 1. The van der Waals surface area contributed by atoms with Crippen LogP contribution >= 0.6 is 0 Å². The molecule has 0 radical (unpaired) electrons. The van der Waals surface area contributed by atoms with Gasteiger partial charge < -0.3 is 24.6 Å². The molecule has 7 nitrogen and oxygen atoms in total. The number of carbonyl (C=O) groups excluding carboxylic acids is 1. The van der Waals surface area contributed by atoms with Crippen LogP contribution in [0.25, 0.3) is 0 Å². The first-order valence-electron chi connectivity index (χ1n) is 9.66. The molecule has 1 amide bonds. The van der Waals surface area contributed by atoms with Gasteiger partial charge in [0.05, 0.1) is 6.04 Å². The SMILES string of the molecule is CC(NC(=O)C1CC1c1ccc2c(c1)OCCO2)c1ccc(OCC(=O)O)cc1. The summed E-state index contributed by atoms with van der Waals surface area (Å²) in [5.74, 6) is 1.15. The minimum absolute atomic E-state index is 0.0311. The fourth-order valence-corrected chi connectivity index (χ4v) is 3.55. The zero-order chi connectivity index (χ0) is 20.4. The Morgan fingerprint density at radius 1 is 1.14 bits per heavy atom. The van der Waals surface area contributed by atoms with Crippen LogP contribution < -0.4 is 19.5 Å². The van der Waals surface area contributed by atoms with Crippen molar-refractivity contribution >= 4 is 11.9 Å². The van der Waals surface area contributed by atoms with E-state index in [0.717, 1.165) is 29.0 Å². The quantitative estimate of drug-likeness (QED) is 0.746. The molecule has 1 saturated carbocycles. The lowest BCUT2D eigenvalue weighted by Crippen LogP contribution is -2.28. The number of hydrogen-bond donors (Lipinski definition) is 2. The van der Waals surface area contributed by atoms with Crippen molar-refractivity contribution in [3.8, 4) is 17.2 Å². The number of carbonyl (C=O) groups is 2. The van der Waals surface area contributed by atoms with Crippen molar-refractivity contribution in [1.29, 1.82) is 0 Å². The highest BCUT2D eigenvalue weighted by molar-refractivity contribution is 5.83. The molecule has 3 atom stereocenters. The Labute approximate surface area is 168 Å². The summed E-state index contributed by atoms with van der Waals surface area (Å²) in [6.45, 7) is 2.65.